The summed E-state index contributed by atoms with van der Waals surface area (Å²) in [5.41, 5.74) is 8.42. The van der Waals surface area contributed by atoms with E-state index in [1.165, 1.54) is 0 Å². The van der Waals surface area contributed by atoms with Crippen molar-refractivity contribution in [3.05, 3.63) is 59.5 Å². The molecule has 27 heavy (non-hydrogen) atoms. The summed E-state index contributed by atoms with van der Waals surface area (Å²) in [5.74, 6) is 0.796. The number of nitrogens with zero attached hydrogens (tertiary/aromatic N) is 5. The van der Waals surface area contributed by atoms with E-state index in [-0.39, 0.29) is 11.8 Å². The highest BCUT2D eigenvalue weighted by Crippen LogP contribution is 2.28. The van der Waals surface area contributed by atoms with Crippen molar-refractivity contribution in [2.45, 2.75) is 12.8 Å². The molecular weight excluding hydrogens is 364 g/mol. The first-order valence-corrected chi connectivity index (χ1v) is 8.96. The molecule has 1 unspecified atom stereocenters. The summed E-state index contributed by atoms with van der Waals surface area (Å²) in [4.78, 5) is 22.5. The fraction of sp³-hybridized carbons (Fsp3) is 0.211. The van der Waals surface area contributed by atoms with Gasteiger partial charge in [0.1, 0.15) is 11.0 Å². The number of halogens is 1. The van der Waals surface area contributed by atoms with Gasteiger partial charge in [-0.25, -0.2) is 4.98 Å². The van der Waals surface area contributed by atoms with Gasteiger partial charge in [0.25, 0.3) is 0 Å². The second-order valence-electron chi connectivity index (χ2n) is 6.37. The Morgan fingerprint density at radius 1 is 1.11 bits per heavy atom. The summed E-state index contributed by atoms with van der Waals surface area (Å²) < 4.78 is 0. The summed E-state index contributed by atoms with van der Waals surface area (Å²) >= 11 is 5.84. The Morgan fingerprint density at radius 3 is 2.63 bits per heavy atom. The molecule has 1 atom stereocenters. The average molecular weight is 381 g/mol. The number of amides is 1. The van der Waals surface area contributed by atoms with Crippen molar-refractivity contribution in [2.24, 2.45) is 5.92 Å². The first kappa shape index (κ1) is 17.4. The van der Waals surface area contributed by atoms with E-state index >= 15 is 0 Å². The van der Waals surface area contributed by atoms with E-state index in [9.17, 15) is 4.79 Å². The zero-order valence-corrected chi connectivity index (χ0v) is 15.2. The van der Waals surface area contributed by atoms with Crippen LogP contribution in [0.1, 0.15) is 12.0 Å². The Balaban J connectivity index is 1.48. The van der Waals surface area contributed by atoms with Gasteiger partial charge in [-0.05, 0) is 48.7 Å². The van der Waals surface area contributed by atoms with Gasteiger partial charge in [-0.3, -0.25) is 14.7 Å². The number of carbonyl (C=O) groups is 1. The predicted octanol–water partition coefficient (Wildman–Crippen LogP) is 2.76. The van der Waals surface area contributed by atoms with Crippen LogP contribution in [-0.4, -0.2) is 32.6 Å². The summed E-state index contributed by atoms with van der Waals surface area (Å²) in [7, 11) is 0. The molecule has 3 aromatic rings. The van der Waals surface area contributed by atoms with Gasteiger partial charge in [-0.1, -0.05) is 17.7 Å². The van der Waals surface area contributed by atoms with Crippen LogP contribution >= 0.6 is 11.6 Å². The summed E-state index contributed by atoms with van der Waals surface area (Å²) in [5, 5.41) is 8.83. The molecule has 0 spiro atoms. The molecule has 8 heteroatoms. The number of hydrogen-bond acceptors (Lipinski definition) is 6. The predicted molar refractivity (Wildman–Crippen MR) is 103 cm³/mol. The molecule has 0 aliphatic carbocycles. The van der Waals surface area contributed by atoms with E-state index < -0.39 is 0 Å². The largest absolute Gasteiger partial charge is 0.383 e. The van der Waals surface area contributed by atoms with Crippen LogP contribution in [0.5, 0.6) is 0 Å². The van der Waals surface area contributed by atoms with Crippen molar-refractivity contribution in [3.8, 4) is 11.3 Å². The molecule has 1 fully saturated rings. The highest BCUT2D eigenvalue weighted by Gasteiger charge is 2.33. The molecule has 1 aliphatic heterocycles. The monoisotopic (exact) mass is 380 g/mol. The highest BCUT2D eigenvalue weighted by molar-refractivity contribution is 6.29. The lowest BCUT2D eigenvalue weighted by Crippen LogP contribution is -2.28. The van der Waals surface area contributed by atoms with Crippen LogP contribution in [-0.2, 0) is 11.2 Å². The Bertz CT molecular complexity index is 964. The fourth-order valence-corrected chi connectivity index (χ4v) is 3.37. The standard InChI is InChI=1S/C19H17ClN6O/c20-16-3-1-13(18(21)23-16)11-14-7-10-26(19(14)27)17-4-2-15(24-25-17)12-5-8-22-9-6-12/h1-6,8-9,14H,7,10-11H2,(H2,21,23). The smallest absolute Gasteiger partial charge is 0.231 e. The molecule has 0 bridgehead atoms. The molecular formula is C19H17ClN6O. The van der Waals surface area contributed by atoms with Crippen molar-refractivity contribution in [1.29, 1.82) is 0 Å². The van der Waals surface area contributed by atoms with Crippen molar-refractivity contribution >= 4 is 29.1 Å². The number of carbonyl (C=O) groups excluding carboxylic acids is 1. The second-order valence-corrected chi connectivity index (χ2v) is 6.76. The van der Waals surface area contributed by atoms with E-state index in [4.69, 9.17) is 17.3 Å². The van der Waals surface area contributed by atoms with E-state index in [0.29, 0.717) is 29.8 Å². The maximum Gasteiger partial charge on any atom is 0.231 e. The molecule has 0 radical (unpaired) electrons. The fourth-order valence-electron chi connectivity index (χ4n) is 3.22. The second kappa shape index (κ2) is 7.28. The molecule has 2 N–H and O–H groups in total. The van der Waals surface area contributed by atoms with Gasteiger partial charge < -0.3 is 5.73 Å². The van der Waals surface area contributed by atoms with E-state index in [1.807, 2.05) is 30.3 Å². The van der Waals surface area contributed by atoms with Crippen LogP contribution in [0.3, 0.4) is 0 Å². The van der Waals surface area contributed by atoms with E-state index in [0.717, 1.165) is 23.2 Å². The summed E-state index contributed by atoms with van der Waals surface area (Å²) in [6, 6.07) is 10.9. The van der Waals surface area contributed by atoms with Gasteiger partial charge in [0.05, 0.1) is 5.69 Å². The zero-order valence-electron chi connectivity index (χ0n) is 14.4. The van der Waals surface area contributed by atoms with Crippen molar-refractivity contribution in [3.63, 3.8) is 0 Å². The molecule has 7 nitrogen and oxygen atoms in total. The van der Waals surface area contributed by atoms with Crippen molar-refractivity contribution < 1.29 is 4.79 Å². The van der Waals surface area contributed by atoms with E-state index in [1.54, 1.807) is 23.4 Å². The molecule has 0 saturated carbocycles. The number of anilines is 2. The quantitative estimate of drug-likeness (QED) is 0.699. The Hall–Kier alpha value is -3.06. The average Bonchev–Trinajstić information content (AvgIpc) is 3.05. The topological polar surface area (TPSA) is 97.9 Å². The van der Waals surface area contributed by atoms with Gasteiger partial charge in [0, 0.05) is 30.4 Å². The number of nitrogens with two attached hydrogens (primary N) is 1. The van der Waals surface area contributed by atoms with Crippen LogP contribution in [0.4, 0.5) is 11.6 Å². The van der Waals surface area contributed by atoms with E-state index in [2.05, 4.69) is 20.2 Å². The van der Waals surface area contributed by atoms with Crippen LogP contribution in [0.15, 0.2) is 48.8 Å². The zero-order chi connectivity index (χ0) is 18.8. The van der Waals surface area contributed by atoms with Crippen LogP contribution < -0.4 is 10.6 Å². The maximum atomic E-state index is 12.8. The van der Waals surface area contributed by atoms with Gasteiger partial charge >= 0.3 is 0 Å². The molecule has 1 amide bonds. The first-order valence-electron chi connectivity index (χ1n) is 8.58. The van der Waals surface area contributed by atoms with Crippen LogP contribution in [0.25, 0.3) is 11.3 Å². The lowest BCUT2D eigenvalue weighted by atomic mass is 9.98. The number of aromatic nitrogens is 4. The van der Waals surface area contributed by atoms with Crippen LogP contribution in [0, 0.1) is 5.92 Å². The lowest BCUT2D eigenvalue weighted by Gasteiger charge is -2.15. The van der Waals surface area contributed by atoms with Crippen molar-refractivity contribution in [2.75, 3.05) is 17.2 Å². The molecule has 0 aromatic carbocycles. The minimum absolute atomic E-state index is 0.0234. The Kier molecular flexibility index (Phi) is 4.68. The molecule has 1 aliphatic rings. The highest BCUT2D eigenvalue weighted by atomic mass is 35.5. The van der Waals surface area contributed by atoms with Gasteiger partial charge in [0.15, 0.2) is 5.82 Å². The number of hydrogen-bond donors (Lipinski definition) is 1. The third-order valence-corrected chi connectivity index (χ3v) is 4.87. The Morgan fingerprint density at radius 2 is 1.93 bits per heavy atom. The molecule has 4 rings (SSSR count). The Labute approximate surface area is 161 Å². The normalized spacial score (nSPS) is 16.7. The summed E-state index contributed by atoms with van der Waals surface area (Å²) in [6.07, 6.45) is 4.68. The van der Waals surface area contributed by atoms with Crippen molar-refractivity contribution in [1.82, 2.24) is 20.2 Å². The molecule has 3 aromatic heterocycles. The maximum absolute atomic E-state index is 12.8. The minimum Gasteiger partial charge on any atom is -0.383 e. The van der Waals surface area contributed by atoms with Gasteiger partial charge in [-0.15, -0.1) is 10.2 Å². The first-order chi connectivity index (χ1) is 13.1. The minimum atomic E-state index is -0.156. The third kappa shape index (κ3) is 3.59. The lowest BCUT2D eigenvalue weighted by molar-refractivity contribution is -0.120. The number of pyridine rings is 2. The SMILES string of the molecule is Nc1nc(Cl)ccc1CC1CCN(c2ccc(-c3ccncc3)nn2)C1=O. The number of nitrogen functional groups attached to an aromatic ring is 1. The van der Waals surface area contributed by atoms with Gasteiger partial charge in [0.2, 0.25) is 5.91 Å². The molecule has 136 valence electrons. The number of rotatable bonds is 4. The molecule has 1 saturated heterocycles. The molecule has 4 heterocycles. The van der Waals surface area contributed by atoms with Crippen LogP contribution in [0.2, 0.25) is 5.15 Å². The summed E-state index contributed by atoms with van der Waals surface area (Å²) in [6.45, 7) is 0.605. The van der Waals surface area contributed by atoms with Gasteiger partial charge in [-0.2, -0.15) is 0 Å². The third-order valence-electron chi connectivity index (χ3n) is 4.66.